The molecule has 0 bridgehead atoms. The molecule has 4 heteroatoms. The molecule has 4 nitrogen and oxygen atoms in total. The van der Waals surface area contributed by atoms with Crippen LogP contribution in [0.2, 0.25) is 0 Å². The highest BCUT2D eigenvalue weighted by molar-refractivity contribution is 5.82. The monoisotopic (exact) mass is 223 g/mol. The van der Waals surface area contributed by atoms with Crippen LogP contribution in [0.3, 0.4) is 0 Å². The first kappa shape index (κ1) is 13.0. The quantitative estimate of drug-likeness (QED) is 0.656. The number of nitrogens with zero attached hydrogens (tertiary/aromatic N) is 1. The van der Waals surface area contributed by atoms with Crippen molar-refractivity contribution in [3.63, 3.8) is 0 Å². The van der Waals surface area contributed by atoms with Crippen molar-refractivity contribution in [2.24, 2.45) is 5.73 Å². The number of hydrogen-bond donors (Lipinski definition) is 2. The predicted molar refractivity (Wildman–Crippen MR) is 64.7 cm³/mol. The van der Waals surface area contributed by atoms with E-state index >= 15 is 0 Å². The molecule has 16 heavy (non-hydrogen) atoms. The molecule has 1 saturated heterocycles. The minimum absolute atomic E-state index is 0.118. The molecule has 1 rings (SSSR count). The van der Waals surface area contributed by atoms with E-state index in [0.717, 1.165) is 32.5 Å². The Morgan fingerprint density at radius 3 is 2.75 bits per heavy atom. The molecule has 90 valence electrons. The topological polar surface area (TPSA) is 58.4 Å². The minimum Gasteiger partial charge on any atom is -0.352 e. The summed E-state index contributed by atoms with van der Waals surface area (Å²) < 4.78 is 0. The van der Waals surface area contributed by atoms with Crippen LogP contribution in [0.4, 0.5) is 0 Å². The third-order valence-corrected chi connectivity index (χ3v) is 3.06. The van der Waals surface area contributed by atoms with Gasteiger partial charge in [-0.05, 0) is 19.4 Å². The molecule has 1 amide bonds. The van der Waals surface area contributed by atoms with Gasteiger partial charge in [-0.15, -0.1) is 12.3 Å². The van der Waals surface area contributed by atoms with Gasteiger partial charge in [0.05, 0.1) is 6.04 Å². The van der Waals surface area contributed by atoms with Gasteiger partial charge in [0.2, 0.25) is 5.91 Å². The maximum absolute atomic E-state index is 11.6. The molecule has 1 atom stereocenters. The molecular formula is C12H21N3O. The van der Waals surface area contributed by atoms with Crippen molar-refractivity contribution in [2.75, 3.05) is 19.6 Å². The summed E-state index contributed by atoms with van der Waals surface area (Å²) in [6, 6.07) is -0.298. The van der Waals surface area contributed by atoms with Gasteiger partial charge < -0.3 is 16.0 Å². The number of nitrogens with two attached hydrogens (primary N) is 1. The number of hydrogen-bond acceptors (Lipinski definition) is 3. The first-order valence-corrected chi connectivity index (χ1v) is 5.89. The zero-order valence-corrected chi connectivity index (χ0v) is 9.91. The highest BCUT2D eigenvalue weighted by atomic mass is 16.2. The van der Waals surface area contributed by atoms with Crippen LogP contribution in [0.25, 0.3) is 0 Å². The summed E-state index contributed by atoms with van der Waals surface area (Å²) in [6.07, 6.45) is 7.43. The van der Waals surface area contributed by atoms with Gasteiger partial charge in [-0.3, -0.25) is 4.79 Å². The Morgan fingerprint density at radius 2 is 2.25 bits per heavy atom. The van der Waals surface area contributed by atoms with E-state index < -0.39 is 6.04 Å². The third-order valence-electron chi connectivity index (χ3n) is 3.06. The number of rotatable bonds is 4. The summed E-state index contributed by atoms with van der Waals surface area (Å²) >= 11 is 0. The Labute approximate surface area is 97.6 Å². The lowest BCUT2D eigenvalue weighted by Crippen LogP contribution is -2.49. The van der Waals surface area contributed by atoms with Crippen LogP contribution in [-0.2, 0) is 4.79 Å². The van der Waals surface area contributed by atoms with Gasteiger partial charge in [0.25, 0.3) is 0 Å². The van der Waals surface area contributed by atoms with Gasteiger partial charge in [0.15, 0.2) is 0 Å². The van der Waals surface area contributed by atoms with Crippen LogP contribution >= 0.6 is 0 Å². The number of terminal acetylenes is 1. The second-order valence-corrected chi connectivity index (χ2v) is 4.23. The molecule has 1 aliphatic rings. The fraction of sp³-hybridized carbons (Fsp3) is 0.750. The maximum Gasteiger partial charge on any atom is 0.238 e. The highest BCUT2D eigenvalue weighted by Gasteiger charge is 2.21. The van der Waals surface area contributed by atoms with E-state index in [1.54, 1.807) is 0 Å². The lowest BCUT2D eigenvalue weighted by Gasteiger charge is -2.31. The van der Waals surface area contributed by atoms with Crippen LogP contribution < -0.4 is 11.1 Å². The minimum atomic E-state index is -0.561. The molecule has 0 aliphatic carbocycles. The zero-order valence-electron chi connectivity index (χ0n) is 9.91. The van der Waals surface area contributed by atoms with Crippen molar-refractivity contribution >= 4 is 5.91 Å². The van der Waals surface area contributed by atoms with Crippen LogP contribution in [-0.4, -0.2) is 42.5 Å². The predicted octanol–water partition coefficient (Wildman–Crippen LogP) is -0.0625. The smallest absolute Gasteiger partial charge is 0.238 e. The first-order chi connectivity index (χ1) is 7.67. The molecule has 0 aromatic rings. The van der Waals surface area contributed by atoms with Crippen LogP contribution in [0.15, 0.2) is 0 Å². The number of likely N-dealkylation sites (tertiary alicyclic amines) is 1. The van der Waals surface area contributed by atoms with E-state index in [4.69, 9.17) is 12.2 Å². The summed E-state index contributed by atoms with van der Waals surface area (Å²) in [5.41, 5.74) is 5.63. The summed E-state index contributed by atoms with van der Waals surface area (Å²) in [4.78, 5) is 14.0. The molecule has 1 heterocycles. The maximum atomic E-state index is 11.6. The molecule has 0 saturated carbocycles. The molecule has 3 N–H and O–H groups in total. The largest absolute Gasteiger partial charge is 0.352 e. The third kappa shape index (κ3) is 3.84. The molecule has 0 spiro atoms. The molecule has 1 aliphatic heterocycles. The zero-order chi connectivity index (χ0) is 12.0. The van der Waals surface area contributed by atoms with Crippen molar-refractivity contribution < 1.29 is 4.79 Å². The van der Waals surface area contributed by atoms with E-state index in [2.05, 4.69) is 23.1 Å². The van der Waals surface area contributed by atoms with E-state index in [-0.39, 0.29) is 11.9 Å². The second kappa shape index (κ2) is 6.51. The molecule has 0 radical (unpaired) electrons. The number of nitrogens with one attached hydrogen (secondary N) is 1. The SMILES string of the molecule is C#CCC(N)C(=O)NC1CCN(CC)CC1. The number of amides is 1. The van der Waals surface area contributed by atoms with Crippen molar-refractivity contribution in [1.29, 1.82) is 0 Å². The number of carbonyl (C=O) groups is 1. The molecule has 0 aromatic carbocycles. The summed E-state index contributed by atoms with van der Waals surface area (Å²) in [6.45, 7) is 5.33. The van der Waals surface area contributed by atoms with Gasteiger partial charge in [0.1, 0.15) is 0 Å². The Morgan fingerprint density at radius 1 is 1.62 bits per heavy atom. The van der Waals surface area contributed by atoms with E-state index in [1.807, 2.05) is 0 Å². The average Bonchev–Trinajstić information content (AvgIpc) is 2.30. The Bertz CT molecular complexity index is 264. The van der Waals surface area contributed by atoms with Gasteiger partial charge in [-0.1, -0.05) is 6.92 Å². The number of carbonyl (C=O) groups excluding carboxylic acids is 1. The number of piperidine rings is 1. The van der Waals surface area contributed by atoms with Gasteiger partial charge in [-0.25, -0.2) is 0 Å². The van der Waals surface area contributed by atoms with Crippen LogP contribution in [0.1, 0.15) is 26.2 Å². The van der Waals surface area contributed by atoms with E-state index in [9.17, 15) is 4.79 Å². The summed E-state index contributed by atoms with van der Waals surface area (Å²) in [7, 11) is 0. The molecule has 1 unspecified atom stereocenters. The molecule has 0 aromatic heterocycles. The van der Waals surface area contributed by atoms with Crippen LogP contribution in [0.5, 0.6) is 0 Å². The summed E-state index contributed by atoms with van der Waals surface area (Å²) in [5, 5.41) is 2.96. The second-order valence-electron chi connectivity index (χ2n) is 4.23. The normalized spacial score (nSPS) is 20.1. The summed E-state index contributed by atoms with van der Waals surface area (Å²) in [5.74, 6) is 2.29. The highest BCUT2D eigenvalue weighted by Crippen LogP contribution is 2.09. The first-order valence-electron chi connectivity index (χ1n) is 5.89. The van der Waals surface area contributed by atoms with E-state index in [1.165, 1.54) is 0 Å². The average molecular weight is 223 g/mol. The lowest BCUT2D eigenvalue weighted by molar-refractivity contribution is -0.123. The van der Waals surface area contributed by atoms with Gasteiger partial charge in [0, 0.05) is 25.6 Å². The van der Waals surface area contributed by atoms with Crippen molar-refractivity contribution in [3.8, 4) is 12.3 Å². The van der Waals surface area contributed by atoms with Gasteiger partial charge in [-0.2, -0.15) is 0 Å². The van der Waals surface area contributed by atoms with Crippen molar-refractivity contribution in [3.05, 3.63) is 0 Å². The Kier molecular flexibility index (Phi) is 5.30. The van der Waals surface area contributed by atoms with Crippen molar-refractivity contribution in [2.45, 2.75) is 38.3 Å². The molecular weight excluding hydrogens is 202 g/mol. The lowest BCUT2D eigenvalue weighted by atomic mass is 10.0. The fourth-order valence-corrected chi connectivity index (χ4v) is 1.92. The van der Waals surface area contributed by atoms with Crippen molar-refractivity contribution in [1.82, 2.24) is 10.2 Å². The standard InChI is InChI=1S/C12H21N3O/c1-3-5-11(13)12(16)14-10-6-8-15(4-2)9-7-10/h1,10-11H,4-9,13H2,2H3,(H,14,16). The van der Waals surface area contributed by atoms with Gasteiger partial charge >= 0.3 is 0 Å². The van der Waals surface area contributed by atoms with E-state index in [0.29, 0.717) is 6.42 Å². The fourth-order valence-electron chi connectivity index (χ4n) is 1.92. The Balaban J connectivity index is 2.28. The molecule has 1 fully saturated rings. The Hall–Kier alpha value is -1.05. The van der Waals surface area contributed by atoms with Crippen LogP contribution in [0, 0.1) is 12.3 Å².